The van der Waals surface area contributed by atoms with Gasteiger partial charge in [-0.3, -0.25) is 4.79 Å². The molecule has 1 fully saturated rings. The number of hydrogen-bond acceptors (Lipinski definition) is 5. The molecule has 3 heterocycles. The fourth-order valence-corrected chi connectivity index (χ4v) is 3.09. The zero-order valence-corrected chi connectivity index (χ0v) is 12.8. The van der Waals surface area contributed by atoms with Crippen molar-refractivity contribution in [2.75, 3.05) is 36.4 Å². The fourth-order valence-electron chi connectivity index (χ4n) is 3.09. The van der Waals surface area contributed by atoms with Gasteiger partial charge in [0.15, 0.2) is 0 Å². The number of carbonyl (C=O) groups excluding carboxylic acids is 1. The number of amides is 1. The Labute approximate surface area is 134 Å². The van der Waals surface area contributed by atoms with E-state index in [1.807, 2.05) is 30.5 Å². The Morgan fingerprint density at radius 2 is 2.00 bits per heavy atom. The van der Waals surface area contributed by atoms with Gasteiger partial charge in [0.2, 0.25) is 0 Å². The maximum atomic E-state index is 12.0. The van der Waals surface area contributed by atoms with Crippen molar-refractivity contribution in [2.45, 2.75) is 6.54 Å². The molecule has 118 valence electrons. The summed E-state index contributed by atoms with van der Waals surface area (Å²) in [5.41, 5.74) is 3.69. The summed E-state index contributed by atoms with van der Waals surface area (Å²) in [6, 6.07) is 9.87. The third kappa shape index (κ3) is 2.73. The molecule has 1 aromatic heterocycles. The van der Waals surface area contributed by atoms with E-state index in [1.54, 1.807) is 0 Å². The summed E-state index contributed by atoms with van der Waals surface area (Å²) in [7, 11) is 0. The molecule has 6 nitrogen and oxygen atoms in total. The Morgan fingerprint density at radius 1 is 1.13 bits per heavy atom. The standard InChI is InChI=1S/C17H19N5O/c23-17-16-12(10-20-17)2-1-3-14(16)21-15-5-4-13(11-19-15)22-8-6-18-7-9-22/h1-5,11,18H,6-10H2,(H,19,21)(H,20,23). The summed E-state index contributed by atoms with van der Waals surface area (Å²) in [6.45, 7) is 4.61. The van der Waals surface area contributed by atoms with Crippen molar-refractivity contribution in [3.63, 3.8) is 0 Å². The van der Waals surface area contributed by atoms with Gasteiger partial charge in [0, 0.05) is 32.7 Å². The van der Waals surface area contributed by atoms with Gasteiger partial charge < -0.3 is 20.9 Å². The molecule has 0 saturated carbocycles. The van der Waals surface area contributed by atoms with Gasteiger partial charge in [-0.25, -0.2) is 4.98 Å². The lowest BCUT2D eigenvalue weighted by Gasteiger charge is -2.29. The van der Waals surface area contributed by atoms with Gasteiger partial charge in [-0.05, 0) is 23.8 Å². The van der Waals surface area contributed by atoms with Crippen LogP contribution in [0.15, 0.2) is 36.5 Å². The number of nitrogens with one attached hydrogen (secondary N) is 3. The van der Waals surface area contributed by atoms with Crippen molar-refractivity contribution in [3.8, 4) is 0 Å². The van der Waals surface area contributed by atoms with Crippen LogP contribution in [0.1, 0.15) is 15.9 Å². The minimum atomic E-state index is -0.0273. The van der Waals surface area contributed by atoms with Crippen molar-refractivity contribution in [1.82, 2.24) is 15.6 Å². The zero-order chi connectivity index (χ0) is 15.6. The highest BCUT2D eigenvalue weighted by Crippen LogP contribution is 2.27. The van der Waals surface area contributed by atoms with E-state index in [4.69, 9.17) is 0 Å². The molecule has 2 aliphatic heterocycles. The first-order valence-electron chi connectivity index (χ1n) is 7.90. The van der Waals surface area contributed by atoms with Crippen LogP contribution in [0.4, 0.5) is 17.2 Å². The number of anilines is 3. The van der Waals surface area contributed by atoms with Gasteiger partial charge in [0.25, 0.3) is 5.91 Å². The summed E-state index contributed by atoms with van der Waals surface area (Å²) in [6.07, 6.45) is 1.89. The third-order valence-electron chi connectivity index (χ3n) is 4.31. The lowest BCUT2D eigenvalue weighted by atomic mass is 10.1. The zero-order valence-electron chi connectivity index (χ0n) is 12.8. The van der Waals surface area contributed by atoms with Gasteiger partial charge in [-0.2, -0.15) is 0 Å². The number of pyridine rings is 1. The number of fused-ring (bicyclic) bond motifs is 1. The molecule has 2 aromatic rings. The topological polar surface area (TPSA) is 69.3 Å². The van der Waals surface area contributed by atoms with Crippen LogP contribution in [-0.2, 0) is 6.54 Å². The minimum Gasteiger partial charge on any atom is -0.368 e. The molecule has 2 aliphatic rings. The quantitative estimate of drug-likeness (QED) is 0.801. The molecule has 3 N–H and O–H groups in total. The van der Waals surface area contributed by atoms with E-state index in [-0.39, 0.29) is 5.91 Å². The van der Waals surface area contributed by atoms with Crippen LogP contribution in [0, 0.1) is 0 Å². The number of piperazine rings is 1. The highest BCUT2D eigenvalue weighted by Gasteiger charge is 2.22. The van der Waals surface area contributed by atoms with Crippen LogP contribution >= 0.6 is 0 Å². The number of benzene rings is 1. The van der Waals surface area contributed by atoms with E-state index in [0.717, 1.165) is 54.5 Å². The van der Waals surface area contributed by atoms with E-state index in [9.17, 15) is 4.79 Å². The summed E-state index contributed by atoms with van der Waals surface area (Å²) in [5.74, 6) is 0.720. The molecule has 1 amide bonds. The van der Waals surface area contributed by atoms with Crippen LogP contribution in [0.2, 0.25) is 0 Å². The molecule has 1 saturated heterocycles. The monoisotopic (exact) mass is 309 g/mol. The van der Waals surface area contributed by atoms with Gasteiger partial charge in [0.05, 0.1) is 23.1 Å². The molecule has 0 spiro atoms. The smallest absolute Gasteiger partial charge is 0.254 e. The molecule has 4 rings (SSSR count). The van der Waals surface area contributed by atoms with Crippen LogP contribution in [0.3, 0.4) is 0 Å². The van der Waals surface area contributed by atoms with E-state index < -0.39 is 0 Å². The average Bonchev–Trinajstić information content (AvgIpc) is 2.99. The summed E-state index contributed by atoms with van der Waals surface area (Å²) < 4.78 is 0. The van der Waals surface area contributed by atoms with Crippen molar-refractivity contribution in [1.29, 1.82) is 0 Å². The van der Waals surface area contributed by atoms with Crippen LogP contribution in [0.25, 0.3) is 0 Å². The van der Waals surface area contributed by atoms with Crippen molar-refractivity contribution in [2.24, 2.45) is 0 Å². The van der Waals surface area contributed by atoms with Gasteiger partial charge >= 0.3 is 0 Å². The highest BCUT2D eigenvalue weighted by molar-refractivity contribution is 6.03. The Hall–Kier alpha value is -2.60. The first kappa shape index (κ1) is 14.0. The number of carbonyl (C=O) groups is 1. The second-order valence-corrected chi connectivity index (χ2v) is 5.79. The molecule has 6 heteroatoms. The second kappa shape index (κ2) is 5.89. The summed E-state index contributed by atoms with van der Waals surface area (Å²) >= 11 is 0. The van der Waals surface area contributed by atoms with Crippen LogP contribution in [0.5, 0.6) is 0 Å². The van der Waals surface area contributed by atoms with Gasteiger partial charge in [0.1, 0.15) is 5.82 Å². The molecular weight excluding hydrogens is 290 g/mol. The molecule has 0 radical (unpaired) electrons. The fraction of sp³-hybridized carbons (Fsp3) is 0.294. The first-order chi connectivity index (χ1) is 11.3. The van der Waals surface area contributed by atoms with Crippen LogP contribution in [-0.4, -0.2) is 37.1 Å². The largest absolute Gasteiger partial charge is 0.368 e. The number of nitrogens with zero attached hydrogens (tertiary/aromatic N) is 2. The maximum absolute atomic E-state index is 12.0. The normalized spacial score (nSPS) is 16.9. The maximum Gasteiger partial charge on any atom is 0.254 e. The van der Waals surface area contributed by atoms with Crippen molar-refractivity contribution in [3.05, 3.63) is 47.7 Å². The molecule has 0 atom stereocenters. The Bertz CT molecular complexity index is 722. The van der Waals surface area contributed by atoms with Crippen molar-refractivity contribution < 1.29 is 4.79 Å². The number of aromatic nitrogens is 1. The molecule has 0 aliphatic carbocycles. The van der Waals surface area contributed by atoms with Crippen LogP contribution < -0.4 is 20.9 Å². The minimum absolute atomic E-state index is 0.0273. The van der Waals surface area contributed by atoms with E-state index in [0.29, 0.717) is 6.54 Å². The lowest BCUT2D eigenvalue weighted by Crippen LogP contribution is -2.43. The van der Waals surface area contributed by atoms with E-state index >= 15 is 0 Å². The third-order valence-corrected chi connectivity index (χ3v) is 4.31. The Morgan fingerprint density at radius 3 is 2.78 bits per heavy atom. The average molecular weight is 309 g/mol. The first-order valence-corrected chi connectivity index (χ1v) is 7.90. The number of hydrogen-bond donors (Lipinski definition) is 3. The summed E-state index contributed by atoms with van der Waals surface area (Å²) in [5, 5.41) is 9.46. The lowest BCUT2D eigenvalue weighted by molar-refractivity contribution is 0.0966. The van der Waals surface area contributed by atoms with E-state index in [1.165, 1.54) is 0 Å². The van der Waals surface area contributed by atoms with Crippen molar-refractivity contribution >= 4 is 23.1 Å². The van der Waals surface area contributed by atoms with E-state index in [2.05, 4.69) is 31.9 Å². The van der Waals surface area contributed by atoms with Gasteiger partial charge in [-0.1, -0.05) is 12.1 Å². The Balaban J connectivity index is 1.54. The highest BCUT2D eigenvalue weighted by atomic mass is 16.1. The molecular formula is C17H19N5O. The molecule has 23 heavy (non-hydrogen) atoms. The molecule has 1 aromatic carbocycles. The SMILES string of the molecule is O=C1NCc2cccc(Nc3ccc(N4CCNCC4)cn3)c21. The van der Waals surface area contributed by atoms with Gasteiger partial charge in [-0.15, -0.1) is 0 Å². The molecule has 0 bridgehead atoms. The summed E-state index contributed by atoms with van der Waals surface area (Å²) in [4.78, 5) is 18.8. The number of rotatable bonds is 3. The second-order valence-electron chi connectivity index (χ2n) is 5.79. The Kier molecular flexibility index (Phi) is 3.59. The predicted molar refractivity (Wildman–Crippen MR) is 90.2 cm³/mol. The predicted octanol–water partition coefficient (Wildman–Crippen LogP) is 1.48. The molecule has 0 unspecified atom stereocenters.